The Morgan fingerprint density at radius 2 is 1.84 bits per heavy atom. The molecule has 0 saturated carbocycles. The lowest BCUT2D eigenvalue weighted by Gasteiger charge is -2.02. The number of hydrogen-bond acceptors (Lipinski definition) is 3. The van der Waals surface area contributed by atoms with Gasteiger partial charge in [-0.05, 0) is 17.7 Å². The standard InChI is InChI=1S/C19H14N4O2/c24-19(25)17-11-20-18(21-17)13-6-2-1-5-12(13)9-10-16-14-7-3-4-8-15(14)22-23-16/h1-11H,(H,20,21)(H,22,23)(H,24,25)/b10-9+. The van der Waals surface area contributed by atoms with E-state index in [1.165, 1.54) is 6.20 Å². The Kier molecular flexibility index (Phi) is 3.63. The van der Waals surface area contributed by atoms with Crippen molar-refractivity contribution in [1.29, 1.82) is 0 Å². The molecule has 3 N–H and O–H groups in total. The van der Waals surface area contributed by atoms with Crippen molar-refractivity contribution in [2.45, 2.75) is 0 Å². The van der Waals surface area contributed by atoms with Crippen LogP contribution in [-0.4, -0.2) is 31.2 Å². The molecule has 0 aliphatic carbocycles. The van der Waals surface area contributed by atoms with Crippen molar-refractivity contribution in [3.8, 4) is 11.4 Å². The molecule has 0 spiro atoms. The number of nitrogens with zero attached hydrogens (tertiary/aromatic N) is 2. The van der Waals surface area contributed by atoms with Crippen LogP contribution in [0.5, 0.6) is 0 Å². The van der Waals surface area contributed by atoms with Crippen LogP contribution >= 0.6 is 0 Å². The van der Waals surface area contributed by atoms with Crippen molar-refractivity contribution in [2.75, 3.05) is 0 Å². The Hall–Kier alpha value is -3.67. The first kappa shape index (κ1) is 14.9. The summed E-state index contributed by atoms with van der Waals surface area (Å²) in [7, 11) is 0. The number of carbonyl (C=O) groups is 1. The molecular formula is C19H14N4O2. The monoisotopic (exact) mass is 330 g/mol. The third kappa shape index (κ3) is 2.81. The molecule has 0 fully saturated rings. The van der Waals surface area contributed by atoms with Gasteiger partial charge < -0.3 is 10.1 Å². The van der Waals surface area contributed by atoms with Crippen LogP contribution < -0.4 is 0 Å². The van der Waals surface area contributed by atoms with Gasteiger partial charge in [-0.15, -0.1) is 0 Å². The van der Waals surface area contributed by atoms with Crippen molar-refractivity contribution in [3.05, 3.63) is 71.7 Å². The molecule has 2 heterocycles. The number of rotatable bonds is 4. The zero-order valence-corrected chi connectivity index (χ0v) is 13.1. The van der Waals surface area contributed by atoms with Crippen LogP contribution in [0.2, 0.25) is 0 Å². The van der Waals surface area contributed by atoms with Gasteiger partial charge >= 0.3 is 5.97 Å². The van der Waals surface area contributed by atoms with Gasteiger partial charge in [0.2, 0.25) is 0 Å². The van der Waals surface area contributed by atoms with Crippen LogP contribution in [0.3, 0.4) is 0 Å². The summed E-state index contributed by atoms with van der Waals surface area (Å²) in [5, 5.41) is 17.4. The van der Waals surface area contributed by atoms with Crippen LogP contribution in [-0.2, 0) is 0 Å². The number of aromatic carboxylic acids is 1. The van der Waals surface area contributed by atoms with Crippen molar-refractivity contribution in [3.63, 3.8) is 0 Å². The van der Waals surface area contributed by atoms with Gasteiger partial charge in [0.05, 0.1) is 17.4 Å². The fraction of sp³-hybridized carbons (Fsp3) is 0. The predicted molar refractivity (Wildman–Crippen MR) is 96.0 cm³/mol. The first-order chi connectivity index (χ1) is 12.2. The number of imidazole rings is 1. The maximum atomic E-state index is 11.0. The van der Waals surface area contributed by atoms with E-state index in [2.05, 4.69) is 20.2 Å². The van der Waals surface area contributed by atoms with Gasteiger partial charge in [0.1, 0.15) is 11.5 Å². The van der Waals surface area contributed by atoms with Crippen LogP contribution in [0.4, 0.5) is 0 Å². The second-order valence-corrected chi connectivity index (χ2v) is 5.53. The quantitative estimate of drug-likeness (QED) is 0.530. The molecule has 0 atom stereocenters. The van der Waals surface area contributed by atoms with Crippen molar-refractivity contribution in [2.24, 2.45) is 0 Å². The Balaban J connectivity index is 1.72. The molecule has 2 aromatic carbocycles. The second-order valence-electron chi connectivity index (χ2n) is 5.53. The van der Waals surface area contributed by atoms with E-state index in [0.717, 1.165) is 27.7 Å². The van der Waals surface area contributed by atoms with E-state index >= 15 is 0 Å². The number of fused-ring (bicyclic) bond motifs is 1. The van der Waals surface area contributed by atoms with Gasteiger partial charge in [-0.3, -0.25) is 5.10 Å². The van der Waals surface area contributed by atoms with Crippen LogP contribution in [0.15, 0.2) is 54.7 Å². The fourth-order valence-electron chi connectivity index (χ4n) is 2.71. The third-order valence-corrected chi connectivity index (χ3v) is 3.94. The number of carboxylic acids is 1. The molecule has 6 heteroatoms. The number of benzene rings is 2. The summed E-state index contributed by atoms with van der Waals surface area (Å²) in [6.45, 7) is 0. The molecule has 25 heavy (non-hydrogen) atoms. The van der Waals surface area contributed by atoms with Gasteiger partial charge in [-0.2, -0.15) is 5.10 Å². The van der Waals surface area contributed by atoms with E-state index < -0.39 is 5.97 Å². The lowest BCUT2D eigenvalue weighted by atomic mass is 10.1. The zero-order chi connectivity index (χ0) is 17.2. The smallest absolute Gasteiger partial charge is 0.353 e. The molecule has 0 aliphatic heterocycles. The summed E-state index contributed by atoms with van der Waals surface area (Å²) >= 11 is 0. The molecule has 122 valence electrons. The average Bonchev–Trinajstić information content (AvgIpc) is 3.28. The molecular weight excluding hydrogens is 316 g/mol. The molecule has 4 rings (SSSR count). The molecule has 6 nitrogen and oxygen atoms in total. The highest BCUT2D eigenvalue weighted by atomic mass is 16.4. The van der Waals surface area contributed by atoms with Crippen LogP contribution in [0.25, 0.3) is 34.4 Å². The summed E-state index contributed by atoms with van der Waals surface area (Å²) in [5.74, 6) is -0.515. The number of para-hydroxylation sites is 1. The number of carboxylic acid groups (broad SMARTS) is 1. The van der Waals surface area contributed by atoms with Crippen molar-refractivity contribution < 1.29 is 9.90 Å². The first-order valence-corrected chi connectivity index (χ1v) is 7.71. The van der Waals surface area contributed by atoms with Gasteiger partial charge in [-0.25, -0.2) is 9.78 Å². The summed E-state index contributed by atoms with van der Waals surface area (Å²) < 4.78 is 0. The van der Waals surface area contributed by atoms with Gasteiger partial charge in [0.15, 0.2) is 0 Å². The highest BCUT2D eigenvalue weighted by molar-refractivity contribution is 5.90. The first-order valence-electron chi connectivity index (χ1n) is 7.71. The van der Waals surface area contributed by atoms with Crippen LogP contribution in [0.1, 0.15) is 21.7 Å². The largest absolute Gasteiger partial charge is 0.477 e. The highest BCUT2D eigenvalue weighted by Crippen LogP contribution is 2.24. The summed E-state index contributed by atoms with van der Waals surface area (Å²) in [5.41, 5.74) is 3.63. The molecule has 0 aliphatic rings. The number of hydrogen-bond donors (Lipinski definition) is 3. The van der Waals surface area contributed by atoms with E-state index in [1.54, 1.807) is 0 Å². The van der Waals surface area contributed by atoms with Crippen molar-refractivity contribution >= 4 is 29.0 Å². The fourth-order valence-corrected chi connectivity index (χ4v) is 2.71. The summed E-state index contributed by atoms with van der Waals surface area (Å²) in [6.07, 6.45) is 5.19. The van der Waals surface area contributed by atoms with E-state index in [4.69, 9.17) is 5.11 Å². The molecule has 0 unspecified atom stereocenters. The molecule has 0 bridgehead atoms. The van der Waals surface area contributed by atoms with Crippen LogP contribution in [0, 0.1) is 0 Å². The molecule has 0 radical (unpaired) electrons. The minimum atomic E-state index is -1.03. The summed E-state index contributed by atoms with van der Waals surface area (Å²) in [4.78, 5) is 18.0. The SMILES string of the molecule is O=C(O)c1cnc(-c2ccccc2/C=C/c2n[nH]c3ccccc23)[nH]1. The lowest BCUT2D eigenvalue weighted by molar-refractivity contribution is 0.0691. The highest BCUT2D eigenvalue weighted by Gasteiger charge is 2.11. The zero-order valence-electron chi connectivity index (χ0n) is 13.1. The van der Waals surface area contributed by atoms with E-state index in [0.29, 0.717) is 5.82 Å². The lowest BCUT2D eigenvalue weighted by Crippen LogP contribution is -1.95. The number of H-pyrrole nitrogens is 2. The van der Waals surface area contributed by atoms with Crippen molar-refractivity contribution in [1.82, 2.24) is 20.2 Å². The number of nitrogens with one attached hydrogen (secondary N) is 2. The minimum Gasteiger partial charge on any atom is -0.477 e. The second kappa shape index (κ2) is 6.09. The third-order valence-electron chi connectivity index (χ3n) is 3.94. The van der Waals surface area contributed by atoms with Gasteiger partial charge in [-0.1, -0.05) is 48.5 Å². The topological polar surface area (TPSA) is 94.7 Å². The number of aromatic nitrogens is 4. The van der Waals surface area contributed by atoms with E-state index in [9.17, 15) is 4.79 Å². The molecule has 0 amide bonds. The Labute approximate surface area is 142 Å². The average molecular weight is 330 g/mol. The molecule has 4 aromatic rings. The van der Waals surface area contributed by atoms with Gasteiger partial charge in [0.25, 0.3) is 0 Å². The van der Waals surface area contributed by atoms with E-state index in [1.807, 2.05) is 60.7 Å². The summed E-state index contributed by atoms with van der Waals surface area (Å²) in [6, 6.07) is 15.6. The molecule has 0 saturated heterocycles. The Morgan fingerprint density at radius 1 is 1.04 bits per heavy atom. The Bertz CT molecular complexity index is 1090. The predicted octanol–water partition coefficient (Wildman–Crippen LogP) is 3.82. The normalized spacial score (nSPS) is 11.4. The van der Waals surface area contributed by atoms with E-state index in [-0.39, 0.29) is 5.69 Å². The number of aromatic amines is 2. The Morgan fingerprint density at radius 3 is 2.68 bits per heavy atom. The minimum absolute atomic E-state index is 0.0621. The van der Waals surface area contributed by atoms with Gasteiger partial charge in [0, 0.05) is 10.9 Å². The maximum absolute atomic E-state index is 11.0. The molecule has 2 aromatic heterocycles. The maximum Gasteiger partial charge on any atom is 0.353 e.